The lowest BCUT2D eigenvalue weighted by Crippen LogP contribution is -1.97. The fourth-order valence-corrected chi connectivity index (χ4v) is 1.42. The molecular weight excluding hydrogens is 172 g/mol. The van der Waals surface area contributed by atoms with Crippen molar-refractivity contribution >= 4 is 11.6 Å². The Morgan fingerprint density at radius 2 is 2.42 bits per heavy atom. The molecule has 0 saturated heterocycles. The number of rotatable bonds is 2. The minimum absolute atomic E-state index is 0.337. The SMILES string of the molecule is Cc1ccnc(CC#N)c1CCl. The maximum Gasteiger partial charge on any atom is 0.0778 e. The van der Waals surface area contributed by atoms with Gasteiger partial charge in [-0.1, -0.05) is 0 Å². The lowest BCUT2D eigenvalue weighted by Gasteiger charge is -2.04. The molecule has 0 N–H and O–H groups in total. The third kappa shape index (κ3) is 1.75. The normalized spacial score (nSPS) is 9.42. The first kappa shape index (κ1) is 9.02. The quantitative estimate of drug-likeness (QED) is 0.655. The summed E-state index contributed by atoms with van der Waals surface area (Å²) in [6, 6.07) is 3.97. The second kappa shape index (κ2) is 4.08. The highest BCUT2D eigenvalue weighted by Crippen LogP contribution is 2.14. The molecule has 0 aliphatic rings. The Morgan fingerprint density at radius 1 is 1.67 bits per heavy atom. The van der Waals surface area contributed by atoms with E-state index in [2.05, 4.69) is 11.1 Å². The van der Waals surface area contributed by atoms with E-state index in [4.69, 9.17) is 16.9 Å². The molecule has 0 atom stereocenters. The van der Waals surface area contributed by atoms with Crippen molar-refractivity contribution in [2.75, 3.05) is 0 Å². The van der Waals surface area contributed by atoms with Gasteiger partial charge < -0.3 is 0 Å². The molecule has 1 aromatic heterocycles. The van der Waals surface area contributed by atoms with Gasteiger partial charge in [-0.3, -0.25) is 4.98 Å². The van der Waals surface area contributed by atoms with Crippen molar-refractivity contribution in [2.45, 2.75) is 19.2 Å². The van der Waals surface area contributed by atoms with Gasteiger partial charge in [-0.2, -0.15) is 5.26 Å². The van der Waals surface area contributed by atoms with Crippen molar-refractivity contribution in [1.82, 2.24) is 4.98 Å². The summed E-state index contributed by atoms with van der Waals surface area (Å²) in [6.07, 6.45) is 2.04. The smallest absolute Gasteiger partial charge is 0.0778 e. The van der Waals surface area contributed by atoms with Gasteiger partial charge in [-0.05, 0) is 24.1 Å². The third-order valence-corrected chi connectivity index (χ3v) is 2.03. The van der Waals surface area contributed by atoms with E-state index >= 15 is 0 Å². The molecule has 0 aromatic carbocycles. The van der Waals surface area contributed by atoms with Crippen LogP contribution in [0.1, 0.15) is 16.8 Å². The van der Waals surface area contributed by atoms with Crippen LogP contribution in [0.4, 0.5) is 0 Å². The Labute approximate surface area is 76.8 Å². The summed E-state index contributed by atoms with van der Waals surface area (Å²) in [7, 11) is 0. The van der Waals surface area contributed by atoms with Crippen LogP contribution in [0.5, 0.6) is 0 Å². The van der Waals surface area contributed by atoms with Crippen LogP contribution in [0.2, 0.25) is 0 Å². The zero-order chi connectivity index (χ0) is 8.97. The number of halogens is 1. The van der Waals surface area contributed by atoms with Crippen molar-refractivity contribution in [3.63, 3.8) is 0 Å². The lowest BCUT2D eigenvalue weighted by atomic mass is 10.1. The van der Waals surface area contributed by atoms with Crippen molar-refractivity contribution < 1.29 is 0 Å². The van der Waals surface area contributed by atoms with Crippen LogP contribution < -0.4 is 0 Å². The van der Waals surface area contributed by atoms with Crippen LogP contribution in [0.15, 0.2) is 12.3 Å². The van der Waals surface area contributed by atoms with Crippen LogP contribution >= 0.6 is 11.6 Å². The molecule has 0 radical (unpaired) electrons. The van der Waals surface area contributed by atoms with E-state index in [9.17, 15) is 0 Å². The van der Waals surface area contributed by atoms with Crippen molar-refractivity contribution in [3.05, 3.63) is 29.1 Å². The number of nitriles is 1. The molecule has 1 heterocycles. The first-order chi connectivity index (χ1) is 5.79. The van der Waals surface area contributed by atoms with Crippen molar-refractivity contribution in [1.29, 1.82) is 5.26 Å². The fourth-order valence-electron chi connectivity index (χ4n) is 1.05. The number of aryl methyl sites for hydroxylation is 1. The van der Waals surface area contributed by atoms with E-state index in [1.54, 1.807) is 6.20 Å². The van der Waals surface area contributed by atoms with E-state index in [1.165, 1.54) is 0 Å². The zero-order valence-corrected chi connectivity index (χ0v) is 7.60. The highest BCUT2D eigenvalue weighted by atomic mass is 35.5. The molecule has 0 amide bonds. The number of pyridine rings is 1. The molecule has 1 rings (SSSR count). The number of hydrogen-bond acceptors (Lipinski definition) is 2. The van der Waals surface area contributed by atoms with Crippen LogP contribution in [0.25, 0.3) is 0 Å². The zero-order valence-electron chi connectivity index (χ0n) is 6.84. The summed E-state index contributed by atoms with van der Waals surface area (Å²) < 4.78 is 0. The highest BCUT2D eigenvalue weighted by molar-refractivity contribution is 6.17. The number of nitrogens with zero attached hydrogens (tertiary/aromatic N) is 2. The molecule has 0 spiro atoms. The largest absolute Gasteiger partial charge is 0.260 e. The first-order valence-electron chi connectivity index (χ1n) is 3.66. The number of aromatic nitrogens is 1. The molecule has 0 aliphatic heterocycles. The Kier molecular flexibility index (Phi) is 3.07. The molecule has 0 aliphatic carbocycles. The van der Waals surface area contributed by atoms with E-state index < -0.39 is 0 Å². The average molecular weight is 181 g/mol. The molecule has 0 unspecified atom stereocenters. The standard InChI is InChI=1S/C9H9ClN2/c1-7-3-5-12-9(2-4-11)8(7)6-10/h3,5H,2,6H2,1H3. The average Bonchev–Trinajstić information content (AvgIpc) is 2.05. The van der Waals surface area contributed by atoms with Gasteiger partial charge in [0.1, 0.15) is 0 Å². The molecule has 1 aromatic rings. The minimum atomic E-state index is 0.337. The van der Waals surface area contributed by atoms with Gasteiger partial charge in [0.15, 0.2) is 0 Å². The van der Waals surface area contributed by atoms with Gasteiger partial charge in [-0.15, -0.1) is 11.6 Å². The van der Waals surface area contributed by atoms with Gasteiger partial charge in [0.05, 0.1) is 18.2 Å². The fraction of sp³-hybridized carbons (Fsp3) is 0.333. The Bertz CT molecular complexity index is 315. The molecule has 2 nitrogen and oxygen atoms in total. The van der Waals surface area contributed by atoms with E-state index in [-0.39, 0.29) is 0 Å². The molecule has 12 heavy (non-hydrogen) atoms. The van der Waals surface area contributed by atoms with Crippen LogP contribution in [-0.4, -0.2) is 4.98 Å². The maximum absolute atomic E-state index is 8.50. The van der Waals surface area contributed by atoms with Crippen LogP contribution in [0.3, 0.4) is 0 Å². The van der Waals surface area contributed by atoms with Gasteiger partial charge in [0, 0.05) is 12.1 Å². The second-order valence-corrected chi connectivity index (χ2v) is 2.79. The summed E-state index contributed by atoms with van der Waals surface area (Å²) in [5.74, 6) is 0.427. The second-order valence-electron chi connectivity index (χ2n) is 2.52. The minimum Gasteiger partial charge on any atom is -0.260 e. The third-order valence-electron chi connectivity index (χ3n) is 1.76. The molecule has 0 fully saturated rings. The molecule has 3 heteroatoms. The van der Waals surface area contributed by atoms with Gasteiger partial charge >= 0.3 is 0 Å². The maximum atomic E-state index is 8.50. The topological polar surface area (TPSA) is 36.7 Å². The number of alkyl halides is 1. The summed E-state index contributed by atoms with van der Waals surface area (Å²) in [5, 5.41) is 8.50. The first-order valence-corrected chi connectivity index (χ1v) is 4.19. The van der Waals surface area contributed by atoms with Crippen LogP contribution in [0, 0.1) is 18.3 Å². The molecule has 0 saturated carbocycles. The van der Waals surface area contributed by atoms with Gasteiger partial charge in [0.25, 0.3) is 0 Å². The summed E-state index contributed by atoms with van der Waals surface area (Å²) in [4.78, 5) is 4.09. The predicted octanol–water partition coefficient (Wildman–Crippen LogP) is 2.19. The van der Waals surface area contributed by atoms with Gasteiger partial charge in [0.2, 0.25) is 0 Å². The lowest BCUT2D eigenvalue weighted by molar-refractivity contribution is 1.05. The van der Waals surface area contributed by atoms with E-state index in [1.807, 2.05) is 13.0 Å². The molecule has 0 bridgehead atoms. The Morgan fingerprint density at radius 3 is 3.00 bits per heavy atom. The van der Waals surface area contributed by atoms with E-state index in [0.717, 1.165) is 16.8 Å². The van der Waals surface area contributed by atoms with Gasteiger partial charge in [-0.25, -0.2) is 0 Å². The summed E-state index contributed by atoms with van der Waals surface area (Å²) >= 11 is 5.72. The molecular formula is C9H9ClN2. The highest BCUT2D eigenvalue weighted by Gasteiger charge is 2.04. The Hall–Kier alpha value is -1.07. The summed E-state index contributed by atoms with van der Waals surface area (Å²) in [6.45, 7) is 1.97. The Balaban J connectivity index is 3.11. The molecule has 62 valence electrons. The van der Waals surface area contributed by atoms with E-state index in [0.29, 0.717) is 12.3 Å². The number of hydrogen-bond donors (Lipinski definition) is 0. The summed E-state index contributed by atoms with van der Waals surface area (Å²) in [5.41, 5.74) is 2.89. The van der Waals surface area contributed by atoms with Crippen molar-refractivity contribution in [3.8, 4) is 6.07 Å². The predicted molar refractivity (Wildman–Crippen MR) is 47.8 cm³/mol. The van der Waals surface area contributed by atoms with Crippen LogP contribution in [-0.2, 0) is 12.3 Å². The van der Waals surface area contributed by atoms with Crippen molar-refractivity contribution in [2.24, 2.45) is 0 Å². The monoisotopic (exact) mass is 180 g/mol.